The molecule has 0 aliphatic rings. The van der Waals surface area contributed by atoms with Crippen LogP contribution >= 0.6 is 11.6 Å². The molecular formula is C10H12ClN3O. The van der Waals surface area contributed by atoms with Gasteiger partial charge in [0.2, 0.25) is 0 Å². The highest BCUT2D eigenvalue weighted by atomic mass is 35.5. The van der Waals surface area contributed by atoms with E-state index in [9.17, 15) is 0 Å². The summed E-state index contributed by atoms with van der Waals surface area (Å²) in [5, 5.41) is 0.358. The standard InChI is InChI=1S/C10H12ClN3O/c1-14-4-3-13-9(14)6-8(12)7-2-5-15-10(7)11/h2-5,8H,6,12H2,1H3. The van der Waals surface area contributed by atoms with Gasteiger partial charge in [0.05, 0.1) is 6.26 Å². The van der Waals surface area contributed by atoms with Gasteiger partial charge in [-0.1, -0.05) is 0 Å². The van der Waals surface area contributed by atoms with Crippen LogP contribution in [0.5, 0.6) is 0 Å². The summed E-state index contributed by atoms with van der Waals surface area (Å²) in [4.78, 5) is 4.20. The van der Waals surface area contributed by atoms with Gasteiger partial charge in [0.15, 0.2) is 5.22 Å². The Bertz CT molecular complexity index is 449. The molecule has 0 aliphatic heterocycles. The van der Waals surface area contributed by atoms with Crippen molar-refractivity contribution < 1.29 is 4.42 Å². The Labute approximate surface area is 92.7 Å². The summed E-state index contributed by atoms with van der Waals surface area (Å²) in [5.74, 6) is 0.930. The Morgan fingerprint density at radius 1 is 1.67 bits per heavy atom. The van der Waals surface area contributed by atoms with E-state index in [2.05, 4.69) is 4.98 Å². The summed E-state index contributed by atoms with van der Waals surface area (Å²) in [7, 11) is 1.94. The molecule has 4 nitrogen and oxygen atoms in total. The number of hydrogen-bond acceptors (Lipinski definition) is 3. The lowest BCUT2D eigenvalue weighted by Crippen LogP contribution is -2.15. The predicted octanol–water partition coefficient (Wildman–Crippen LogP) is 1.91. The van der Waals surface area contributed by atoms with Crippen LogP contribution in [0, 0.1) is 0 Å². The Kier molecular flexibility index (Phi) is 2.79. The first-order valence-electron chi connectivity index (χ1n) is 4.63. The number of nitrogens with zero attached hydrogens (tertiary/aromatic N) is 2. The molecule has 0 fully saturated rings. The van der Waals surface area contributed by atoms with Gasteiger partial charge in [-0.25, -0.2) is 4.98 Å². The molecule has 2 aromatic heterocycles. The molecule has 1 unspecified atom stereocenters. The zero-order valence-electron chi connectivity index (χ0n) is 8.35. The first-order valence-corrected chi connectivity index (χ1v) is 5.01. The number of nitrogens with two attached hydrogens (primary N) is 1. The molecule has 5 heteroatoms. The second-order valence-electron chi connectivity index (χ2n) is 3.41. The van der Waals surface area contributed by atoms with Crippen molar-refractivity contribution in [3.05, 3.63) is 41.3 Å². The van der Waals surface area contributed by atoms with Crippen molar-refractivity contribution in [3.8, 4) is 0 Å². The minimum Gasteiger partial charge on any atom is -0.453 e. The lowest BCUT2D eigenvalue weighted by Gasteiger charge is -2.09. The Hall–Kier alpha value is -1.26. The third-order valence-corrected chi connectivity index (χ3v) is 2.68. The molecule has 80 valence electrons. The maximum absolute atomic E-state index is 6.00. The van der Waals surface area contributed by atoms with E-state index in [-0.39, 0.29) is 6.04 Å². The van der Waals surface area contributed by atoms with E-state index < -0.39 is 0 Å². The maximum atomic E-state index is 6.00. The van der Waals surface area contributed by atoms with Gasteiger partial charge in [0.25, 0.3) is 0 Å². The first kappa shape index (κ1) is 10.3. The molecule has 0 bridgehead atoms. The van der Waals surface area contributed by atoms with Crippen LogP contribution in [0.1, 0.15) is 17.4 Å². The predicted molar refractivity (Wildman–Crippen MR) is 57.6 cm³/mol. The molecule has 0 aromatic carbocycles. The summed E-state index contributed by atoms with van der Waals surface area (Å²) < 4.78 is 6.93. The summed E-state index contributed by atoms with van der Waals surface area (Å²) in [6.07, 6.45) is 5.82. The molecule has 15 heavy (non-hydrogen) atoms. The number of aryl methyl sites for hydroxylation is 1. The molecular weight excluding hydrogens is 214 g/mol. The number of rotatable bonds is 3. The van der Waals surface area contributed by atoms with Gasteiger partial charge < -0.3 is 14.7 Å². The molecule has 0 amide bonds. The third kappa shape index (κ3) is 2.06. The summed E-state index contributed by atoms with van der Waals surface area (Å²) in [6, 6.07) is 1.60. The molecule has 2 aromatic rings. The molecule has 0 spiro atoms. The molecule has 0 radical (unpaired) electrons. The van der Waals surface area contributed by atoms with E-state index in [0.717, 1.165) is 11.4 Å². The van der Waals surface area contributed by atoms with Crippen LogP contribution in [0.15, 0.2) is 29.1 Å². The lowest BCUT2D eigenvalue weighted by molar-refractivity contribution is 0.558. The number of furan rings is 1. The van der Waals surface area contributed by atoms with Crippen molar-refractivity contribution in [1.82, 2.24) is 9.55 Å². The Morgan fingerprint density at radius 3 is 3.00 bits per heavy atom. The summed E-state index contributed by atoms with van der Waals surface area (Å²) >= 11 is 5.84. The topological polar surface area (TPSA) is 57.0 Å². The molecule has 0 saturated carbocycles. The monoisotopic (exact) mass is 225 g/mol. The van der Waals surface area contributed by atoms with Crippen LogP contribution in [0.4, 0.5) is 0 Å². The third-order valence-electron chi connectivity index (χ3n) is 2.37. The van der Waals surface area contributed by atoms with Crippen LogP contribution in [0.25, 0.3) is 0 Å². The Morgan fingerprint density at radius 2 is 2.47 bits per heavy atom. The lowest BCUT2D eigenvalue weighted by atomic mass is 10.1. The second kappa shape index (κ2) is 4.08. The van der Waals surface area contributed by atoms with Crippen LogP contribution in [-0.2, 0) is 13.5 Å². The number of aromatic nitrogens is 2. The molecule has 2 rings (SSSR count). The quantitative estimate of drug-likeness (QED) is 0.868. The van der Waals surface area contributed by atoms with Crippen molar-refractivity contribution in [1.29, 1.82) is 0 Å². The van der Waals surface area contributed by atoms with Crippen molar-refractivity contribution in [2.24, 2.45) is 12.8 Å². The van der Waals surface area contributed by atoms with E-state index in [1.165, 1.54) is 6.26 Å². The molecule has 0 saturated heterocycles. The van der Waals surface area contributed by atoms with Gasteiger partial charge in [0, 0.05) is 37.5 Å². The second-order valence-corrected chi connectivity index (χ2v) is 3.76. The largest absolute Gasteiger partial charge is 0.453 e. The molecule has 2 N–H and O–H groups in total. The van der Waals surface area contributed by atoms with Gasteiger partial charge in [-0.15, -0.1) is 0 Å². The van der Waals surface area contributed by atoms with Crippen molar-refractivity contribution >= 4 is 11.6 Å². The highest BCUT2D eigenvalue weighted by Crippen LogP contribution is 2.24. The number of imidazole rings is 1. The molecule has 0 aliphatic carbocycles. The van der Waals surface area contributed by atoms with Gasteiger partial charge in [0.1, 0.15) is 5.82 Å². The van der Waals surface area contributed by atoms with Crippen molar-refractivity contribution in [2.45, 2.75) is 12.5 Å². The zero-order valence-corrected chi connectivity index (χ0v) is 9.11. The van der Waals surface area contributed by atoms with E-state index in [1.54, 1.807) is 12.3 Å². The minimum atomic E-state index is -0.183. The van der Waals surface area contributed by atoms with E-state index in [0.29, 0.717) is 11.6 Å². The highest BCUT2D eigenvalue weighted by Gasteiger charge is 2.14. The first-order chi connectivity index (χ1) is 7.18. The van der Waals surface area contributed by atoms with Crippen molar-refractivity contribution in [2.75, 3.05) is 0 Å². The van der Waals surface area contributed by atoms with E-state index in [1.807, 2.05) is 17.8 Å². The zero-order chi connectivity index (χ0) is 10.8. The van der Waals surface area contributed by atoms with Crippen LogP contribution < -0.4 is 5.73 Å². The van der Waals surface area contributed by atoms with E-state index >= 15 is 0 Å². The van der Waals surface area contributed by atoms with Crippen LogP contribution in [0.2, 0.25) is 5.22 Å². The molecule has 1 atom stereocenters. The smallest absolute Gasteiger partial charge is 0.197 e. The Balaban J connectivity index is 2.14. The normalized spacial score (nSPS) is 13.0. The van der Waals surface area contributed by atoms with Crippen LogP contribution in [0.3, 0.4) is 0 Å². The van der Waals surface area contributed by atoms with Gasteiger partial charge >= 0.3 is 0 Å². The highest BCUT2D eigenvalue weighted by molar-refractivity contribution is 6.29. The average molecular weight is 226 g/mol. The van der Waals surface area contributed by atoms with Crippen molar-refractivity contribution in [3.63, 3.8) is 0 Å². The van der Waals surface area contributed by atoms with Gasteiger partial charge in [-0.2, -0.15) is 0 Å². The van der Waals surface area contributed by atoms with Crippen LogP contribution in [-0.4, -0.2) is 9.55 Å². The fourth-order valence-corrected chi connectivity index (χ4v) is 1.72. The minimum absolute atomic E-state index is 0.183. The fraction of sp³-hybridized carbons (Fsp3) is 0.300. The molecule has 2 heterocycles. The number of hydrogen-bond donors (Lipinski definition) is 1. The fourth-order valence-electron chi connectivity index (χ4n) is 1.47. The summed E-state index contributed by atoms with van der Waals surface area (Å²) in [6.45, 7) is 0. The van der Waals surface area contributed by atoms with Gasteiger partial charge in [-0.3, -0.25) is 0 Å². The maximum Gasteiger partial charge on any atom is 0.197 e. The SMILES string of the molecule is Cn1ccnc1CC(N)c1ccoc1Cl. The van der Waals surface area contributed by atoms with E-state index in [4.69, 9.17) is 21.8 Å². The van der Waals surface area contributed by atoms with Gasteiger partial charge in [-0.05, 0) is 17.7 Å². The summed E-state index contributed by atoms with van der Waals surface area (Å²) in [5.41, 5.74) is 6.82. The number of halogens is 1. The average Bonchev–Trinajstić information content (AvgIpc) is 2.76.